The van der Waals surface area contributed by atoms with Crippen molar-refractivity contribution in [1.82, 2.24) is 0 Å². The second kappa shape index (κ2) is 4.41. The highest BCUT2D eigenvalue weighted by atomic mass is 35.5. The van der Waals surface area contributed by atoms with Gasteiger partial charge >= 0.3 is 6.18 Å². The van der Waals surface area contributed by atoms with E-state index in [0.717, 1.165) is 31.5 Å². The van der Waals surface area contributed by atoms with Crippen LogP contribution in [-0.4, -0.2) is 12.4 Å². The number of nitrogens with one attached hydrogen (secondary N) is 1. The molecule has 0 bridgehead atoms. The number of anilines is 1. The number of rotatable bonds is 4. The van der Waals surface area contributed by atoms with Crippen LogP contribution < -0.4 is 5.32 Å². The van der Waals surface area contributed by atoms with Crippen molar-refractivity contribution in [2.24, 2.45) is 5.41 Å². The van der Waals surface area contributed by atoms with E-state index >= 15 is 0 Å². The topological polar surface area (TPSA) is 12.0 Å². The van der Waals surface area contributed by atoms with Crippen LogP contribution in [0.25, 0.3) is 0 Å². The standard InChI is InChI=1S/C12H13ClF3N/c13-7-11(5-6-11)8-17-10-3-1-9(2-4-10)12(14,15)16/h1-4,17H,5-8H2. The minimum Gasteiger partial charge on any atom is -0.384 e. The summed E-state index contributed by atoms with van der Waals surface area (Å²) in [5, 5.41) is 3.13. The van der Waals surface area contributed by atoms with E-state index in [2.05, 4.69) is 5.32 Å². The molecule has 1 aromatic rings. The molecule has 1 nitrogen and oxygen atoms in total. The number of hydrogen-bond acceptors (Lipinski definition) is 1. The molecule has 0 aromatic heterocycles. The van der Waals surface area contributed by atoms with E-state index in [1.807, 2.05) is 0 Å². The Balaban J connectivity index is 1.94. The summed E-state index contributed by atoms with van der Waals surface area (Å²) < 4.78 is 37.0. The molecule has 0 heterocycles. The van der Waals surface area contributed by atoms with Gasteiger partial charge in [-0.25, -0.2) is 0 Å². The lowest BCUT2D eigenvalue weighted by Crippen LogP contribution is -2.16. The zero-order chi connectivity index (χ0) is 12.5. The van der Waals surface area contributed by atoms with Crippen LogP contribution in [0.1, 0.15) is 18.4 Å². The third-order valence-electron chi connectivity index (χ3n) is 3.12. The smallest absolute Gasteiger partial charge is 0.384 e. The Labute approximate surface area is 103 Å². The lowest BCUT2D eigenvalue weighted by atomic mass is 10.1. The van der Waals surface area contributed by atoms with E-state index in [1.54, 1.807) is 0 Å². The molecule has 0 radical (unpaired) electrons. The van der Waals surface area contributed by atoms with E-state index in [0.29, 0.717) is 11.6 Å². The van der Waals surface area contributed by atoms with Crippen molar-refractivity contribution < 1.29 is 13.2 Å². The molecule has 1 fully saturated rings. The molecule has 0 spiro atoms. The Hall–Kier alpha value is -0.900. The van der Waals surface area contributed by atoms with Crippen molar-refractivity contribution in [2.45, 2.75) is 19.0 Å². The van der Waals surface area contributed by atoms with Crippen molar-refractivity contribution in [1.29, 1.82) is 0 Å². The minimum absolute atomic E-state index is 0.157. The van der Waals surface area contributed by atoms with Gasteiger partial charge in [0, 0.05) is 23.5 Å². The van der Waals surface area contributed by atoms with Crippen LogP contribution in [-0.2, 0) is 6.18 Å². The third kappa shape index (κ3) is 3.06. The summed E-state index contributed by atoms with van der Waals surface area (Å²) in [6.45, 7) is 0.724. The van der Waals surface area contributed by atoms with Gasteiger partial charge in [0.2, 0.25) is 0 Å². The van der Waals surface area contributed by atoms with Gasteiger partial charge in [-0.05, 0) is 37.1 Å². The van der Waals surface area contributed by atoms with Gasteiger partial charge in [0.1, 0.15) is 0 Å². The molecule has 17 heavy (non-hydrogen) atoms. The summed E-state index contributed by atoms with van der Waals surface area (Å²) in [5.74, 6) is 0.598. The van der Waals surface area contributed by atoms with Crippen molar-refractivity contribution in [3.63, 3.8) is 0 Å². The average molecular weight is 264 g/mol. The highest BCUT2D eigenvalue weighted by Gasteiger charge is 2.41. The fourth-order valence-electron chi connectivity index (χ4n) is 1.60. The van der Waals surface area contributed by atoms with Gasteiger partial charge < -0.3 is 5.32 Å². The number of hydrogen-bond donors (Lipinski definition) is 1. The fourth-order valence-corrected chi connectivity index (χ4v) is 1.96. The van der Waals surface area contributed by atoms with E-state index in [4.69, 9.17) is 11.6 Å². The molecule has 1 aliphatic rings. The van der Waals surface area contributed by atoms with Gasteiger partial charge in [0.15, 0.2) is 0 Å². The Kier molecular flexibility index (Phi) is 3.25. The first-order valence-corrected chi connectivity index (χ1v) is 5.96. The summed E-state index contributed by atoms with van der Waals surface area (Å²) in [6, 6.07) is 5.07. The van der Waals surface area contributed by atoms with E-state index < -0.39 is 11.7 Å². The molecule has 1 aliphatic carbocycles. The monoisotopic (exact) mass is 263 g/mol. The van der Waals surface area contributed by atoms with Crippen LogP contribution in [0.15, 0.2) is 24.3 Å². The number of benzene rings is 1. The molecular formula is C12H13ClF3N. The zero-order valence-corrected chi connectivity index (χ0v) is 9.91. The molecule has 0 aliphatic heterocycles. The second-order valence-electron chi connectivity index (χ2n) is 4.56. The molecule has 0 unspecified atom stereocenters. The van der Waals surface area contributed by atoms with Crippen LogP contribution in [0.4, 0.5) is 18.9 Å². The molecule has 1 N–H and O–H groups in total. The molecule has 5 heteroatoms. The molecule has 0 saturated heterocycles. The second-order valence-corrected chi connectivity index (χ2v) is 4.83. The van der Waals surface area contributed by atoms with Crippen LogP contribution in [0, 0.1) is 5.41 Å². The molecule has 0 atom stereocenters. The van der Waals surface area contributed by atoms with Gasteiger partial charge in [-0.2, -0.15) is 13.2 Å². The summed E-state index contributed by atoms with van der Waals surface area (Å²) >= 11 is 5.82. The Morgan fingerprint density at radius 1 is 1.18 bits per heavy atom. The maximum atomic E-state index is 12.3. The number of halogens is 4. The van der Waals surface area contributed by atoms with Gasteiger partial charge in [-0.3, -0.25) is 0 Å². The Morgan fingerprint density at radius 3 is 2.18 bits per heavy atom. The van der Waals surface area contributed by atoms with Gasteiger partial charge in [0.05, 0.1) is 5.56 Å². The van der Waals surface area contributed by atoms with E-state index in [-0.39, 0.29) is 5.41 Å². The molecule has 0 amide bonds. The quantitative estimate of drug-likeness (QED) is 0.805. The van der Waals surface area contributed by atoms with E-state index in [9.17, 15) is 13.2 Å². The zero-order valence-electron chi connectivity index (χ0n) is 9.15. The maximum absolute atomic E-state index is 12.3. The molecule has 2 rings (SSSR count). The van der Waals surface area contributed by atoms with Crippen molar-refractivity contribution >= 4 is 17.3 Å². The van der Waals surface area contributed by atoms with Gasteiger partial charge in [-0.1, -0.05) is 0 Å². The summed E-state index contributed by atoms with van der Waals surface area (Å²) in [6.07, 6.45) is -2.10. The first kappa shape index (κ1) is 12.6. The highest BCUT2D eigenvalue weighted by Crippen LogP contribution is 2.46. The SMILES string of the molecule is FC(F)(F)c1ccc(NCC2(CCl)CC2)cc1. The van der Waals surface area contributed by atoms with Crippen LogP contribution >= 0.6 is 11.6 Å². The predicted molar refractivity (Wildman–Crippen MR) is 62.3 cm³/mol. The lowest BCUT2D eigenvalue weighted by molar-refractivity contribution is -0.137. The molecular weight excluding hydrogens is 251 g/mol. The highest BCUT2D eigenvalue weighted by molar-refractivity contribution is 6.18. The third-order valence-corrected chi connectivity index (χ3v) is 3.69. The average Bonchev–Trinajstić information content (AvgIpc) is 3.06. The Bertz CT molecular complexity index is 382. The van der Waals surface area contributed by atoms with Crippen molar-refractivity contribution in [3.8, 4) is 0 Å². The van der Waals surface area contributed by atoms with Crippen LogP contribution in [0.3, 0.4) is 0 Å². The molecule has 1 aromatic carbocycles. The summed E-state index contributed by atoms with van der Waals surface area (Å²) in [4.78, 5) is 0. The minimum atomic E-state index is -4.27. The first-order valence-electron chi connectivity index (χ1n) is 5.42. The summed E-state index contributed by atoms with van der Waals surface area (Å²) in [5.41, 5.74) is 0.237. The number of alkyl halides is 4. The predicted octanol–water partition coefficient (Wildman–Crippen LogP) is 4.14. The van der Waals surface area contributed by atoms with Crippen molar-refractivity contribution in [2.75, 3.05) is 17.7 Å². The molecule has 94 valence electrons. The van der Waals surface area contributed by atoms with Crippen LogP contribution in [0.2, 0.25) is 0 Å². The van der Waals surface area contributed by atoms with Gasteiger partial charge in [0.25, 0.3) is 0 Å². The largest absolute Gasteiger partial charge is 0.416 e. The van der Waals surface area contributed by atoms with E-state index in [1.165, 1.54) is 12.1 Å². The van der Waals surface area contributed by atoms with Crippen molar-refractivity contribution in [3.05, 3.63) is 29.8 Å². The Morgan fingerprint density at radius 2 is 1.76 bits per heavy atom. The maximum Gasteiger partial charge on any atom is 0.416 e. The normalized spacial score (nSPS) is 17.9. The lowest BCUT2D eigenvalue weighted by Gasteiger charge is -2.14. The fraction of sp³-hybridized carbons (Fsp3) is 0.500. The van der Waals surface area contributed by atoms with Gasteiger partial charge in [-0.15, -0.1) is 11.6 Å². The summed E-state index contributed by atoms with van der Waals surface area (Å²) in [7, 11) is 0. The first-order chi connectivity index (χ1) is 7.95. The van der Waals surface area contributed by atoms with Crippen LogP contribution in [0.5, 0.6) is 0 Å². The molecule has 1 saturated carbocycles.